The Kier molecular flexibility index (Phi) is 6.65. The average molecular weight is 402 g/mol. The highest BCUT2D eigenvalue weighted by Gasteiger charge is 2.38. The van der Waals surface area contributed by atoms with E-state index in [1.165, 1.54) is 9.80 Å². The number of benzene rings is 1. The summed E-state index contributed by atoms with van der Waals surface area (Å²) in [7, 11) is 0. The number of para-hydroxylation sites is 1. The quantitative estimate of drug-likeness (QED) is 0.517. The van der Waals surface area contributed by atoms with Crippen LogP contribution in [0.5, 0.6) is 0 Å². The Labute approximate surface area is 168 Å². The van der Waals surface area contributed by atoms with Crippen LogP contribution in [-0.4, -0.2) is 78.4 Å². The summed E-state index contributed by atoms with van der Waals surface area (Å²) in [4.78, 5) is 52.5. The fraction of sp³-hybridized carbons (Fsp3) is 0.474. The zero-order chi connectivity index (χ0) is 20.8. The van der Waals surface area contributed by atoms with Crippen LogP contribution in [-0.2, 0) is 14.4 Å². The Morgan fingerprint density at radius 2 is 1.93 bits per heavy atom. The first-order valence-corrected chi connectivity index (χ1v) is 9.68. The SMILES string of the molecule is NCC(=O)N1CCN(C(=O)Nc2ccccc2)C[C@@H]1C(=O)N[C@@H]1CCCNC1=O. The molecule has 0 aromatic heterocycles. The van der Waals surface area contributed by atoms with Crippen molar-refractivity contribution in [1.29, 1.82) is 0 Å². The van der Waals surface area contributed by atoms with Gasteiger partial charge in [0.05, 0.1) is 13.1 Å². The van der Waals surface area contributed by atoms with Gasteiger partial charge in [0, 0.05) is 25.3 Å². The number of nitrogens with one attached hydrogen (secondary N) is 3. The molecule has 5 N–H and O–H groups in total. The van der Waals surface area contributed by atoms with E-state index in [4.69, 9.17) is 5.73 Å². The van der Waals surface area contributed by atoms with Crippen LogP contribution in [0.25, 0.3) is 0 Å². The van der Waals surface area contributed by atoms with Gasteiger partial charge in [-0.25, -0.2) is 4.79 Å². The van der Waals surface area contributed by atoms with Gasteiger partial charge in [0.2, 0.25) is 17.7 Å². The molecular formula is C19H26N6O4. The number of hydrogen-bond donors (Lipinski definition) is 4. The molecule has 156 valence electrons. The van der Waals surface area contributed by atoms with E-state index in [0.29, 0.717) is 18.7 Å². The van der Waals surface area contributed by atoms with E-state index in [-0.39, 0.29) is 44.0 Å². The highest BCUT2D eigenvalue weighted by molar-refractivity contribution is 5.94. The molecule has 29 heavy (non-hydrogen) atoms. The van der Waals surface area contributed by atoms with Gasteiger partial charge >= 0.3 is 6.03 Å². The Balaban J connectivity index is 1.69. The van der Waals surface area contributed by atoms with Gasteiger partial charge in [-0.05, 0) is 25.0 Å². The molecule has 0 aliphatic carbocycles. The van der Waals surface area contributed by atoms with E-state index in [1.54, 1.807) is 24.3 Å². The zero-order valence-corrected chi connectivity index (χ0v) is 16.1. The lowest BCUT2D eigenvalue weighted by Gasteiger charge is -2.40. The number of amides is 5. The van der Waals surface area contributed by atoms with Crippen molar-refractivity contribution >= 4 is 29.4 Å². The molecule has 2 atom stereocenters. The fourth-order valence-corrected chi connectivity index (χ4v) is 3.51. The molecule has 0 saturated carbocycles. The van der Waals surface area contributed by atoms with Crippen molar-refractivity contribution in [1.82, 2.24) is 20.4 Å². The summed E-state index contributed by atoms with van der Waals surface area (Å²) in [6.07, 6.45) is 1.30. The lowest BCUT2D eigenvalue weighted by Crippen LogP contribution is -2.64. The van der Waals surface area contributed by atoms with E-state index in [2.05, 4.69) is 16.0 Å². The van der Waals surface area contributed by atoms with Gasteiger partial charge in [0.1, 0.15) is 12.1 Å². The molecular weight excluding hydrogens is 376 g/mol. The van der Waals surface area contributed by atoms with Gasteiger partial charge in [0.25, 0.3) is 0 Å². The third kappa shape index (κ3) is 5.02. The summed E-state index contributed by atoms with van der Waals surface area (Å²) >= 11 is 0. The number of carbonyl (C=O) groups is 4. The van der Waals surface area contributed by atoms with Gasteiger partial charge in [-0.3, -0.25) is 14.4 Å². The summed E-state index contributed by atoms with van der Waals surface area (Å²) in [5.41, 5.74) is 6.13. The van der Waals surface area contributed by atoms with Crippen LogP contribution in [0.3, 0.4) is 0 Å². The standard InChI is InChI=1S/C19H26N6O4/c20-11-16(26)25-10-9-24(19(29)22-13-5-2-1-3-6-13)12-15(25)18(28)23-14-7-4-8-21-17(14)27/h1-3,5-6,14-15H,4,7-12,20H2,(H,21,27)(H,22,29)(H,23,28)/t14-,15-/m1/s1. The lowest BCUT2D eigenvalue weighted by atomic mass is 10.1. The summed E-state index contributed by atoms with van der Waals surface area (Å²) in [6.45, 7) is 0.833. The zero-order valence-electron chi connectivity index (χ0n) is 16.1. The van der Waals surface area contributed by atoms with Crippen LogP contribution in [0.1, 0.15) is 12.8 Å². The first kappa shape index (κ1) is 20.6. The van der Waals surface area contributed by atoms with Crippen molar-refractivity contribution in [2.24, 2.45) is 5.73 Å². The van der Waals surface area contributed by atoms with Crippen molar-refractivity contribution in [3.8, 4) is 0 Å². The highest BCUT2D eigenvalue weighted by Crippen LogP contribution is 2.14. The average Bonchev–Trinajstić information content (AvgIpc) is 2.75. The number of piperazine rings is 1. The van der Waals surface area contributed by atoms with Crippen molar-refractivity contribution in [2.75, 3.05) is 38.0 Å². The molecule has 2 fully saturated rings. The third-order valence-corrected chi connectivity index (χ3v) is 5.09. The second-order valence-corrected chi connectivity index (χ2v) is 7.04. The lowest BCUT2D eigenvalue weighted by molar-refractivity contribution is -0.143. The maximum Gasteiger partial charge on any atom is 0.321 e. The Morgan fingerprint density at radius 3 is 2.62 bits per heavy atom. The van der Waals surface area contributed by atoms with Crippen molar-refractivity contribution in [3.05, 3.63) is 30.3 Å². The number of anilines is 1. The number of piperidine rings is 1. The van der Waals surface area contributed by atoms with E-state index < -0.39 is 18.0 Å². The van der Waals surface area contributed by atoms with Gasteiger partial charge in [-0.2, -0.15) is 0 Å². The monoisotopic (exact) mass is 402 g/mol. The maximum atomic E-state index is 12.9. The normalized spacial score (nSPS) is 21.9. The van der Waals surface area contributed by atoms with Crippen LogP contribution in [0.4, 0.5) is 10.5 Å². The molecule has 5 amide bonds. The number of nitrogens with zero attached hydrogens (tertiary/aromatic N) is 2. The van der Waals surface area contributed by atoms with Crippen molar-refractivity contribution in [2.45, 2.75) is 24.9 Å². The van der Waals surface area contributed by atoms with E-state index in [9.17, 15) is 19.2 Å². The third-order valence-electron chi connectivity index (χ3n) is 5.09. The Morgan fingerprint density at radius 1 is 1.17 bits per heavy atom. The Hall–Kier alpha value is -3.14. The van der Waals surface area contributed by atoms with Crippen LogP contribution < -0.4 is 21.7 Å². The number of hydrogen-bond acceptors (Lipinski definition) is 5. The molecule has 1 aromatic rings. The van der Waals surface area contributed by atoms with Crippen molar-refractivity contribution < 1.29 is 19.2 Å². The smallest absolute Gasteiger partial charge is 0.321 e. The van der Waals surface area contributed by atoms with E-state index in [1.807, 2.05) is 6.07 Å². The van der Waals surface area contributed by atoms with Crippen LogP contribution in [0, 0.1) is 0 Å². The molecule has 0 unspecified atom stereocenters. The predicted molar refractivity (Wildman–Crippen MR) is 106 cm³/mol. The molecule has 0 bridgehead atoms. The number of rotatable bonds is 4. The summed E-state index contributed by atoms with van der Waals surface area (Å²) in [5.74, 6) is -1.08. The van der Waals surface area contributed by atoms with Gasteiger partial charge in [0.15, 0.2) is 0 Å². The van der Waals surface area contributed by atoms with Gasteiger partial charge < -0.3 is 31.5 Å². The second-order valence-electron chi connectivity index (χ2n) is 7.04. The maximum absolute atomic E-state index is 12.9. The molecule has 2 heterocycles. The minimum absolute atomic E-state index is 0.0184. The highest BCUT2D eigenvalue weighted by atomic mass is 16.2. The van der Waals surface area contributed by atoms with Gasteiger partial charge in [-0.1, -0.05) is 18.2 Å². The summed E-state index contributed by atoms with van der Waals surface area (Å²) < 4.78 is 0. The molecule has 2 aliphatic rings. The first-order valence-electron chi connectivity index (χ1n) is 9.68. The largest absolute Gasteiger partial charge is 0.354 e. The summed E-state index contributed by atoms with van der Waals surface area (Å²) in [5, 5.41) is 8.20. The molecule has 2 saturated heterocycles. The topological polar surface area (TPSA) is 137 Å². The van der Waals surface area contributed by atoms with Crippen LogP contribution >= 0.6 is 0 Å². The van der Waals surface area contributed by atoms with E-state index in [0.717, 1.165) is 6.42 Å². The van der Waals surface area contributed by atoms with Gasteiger partial charge in [-0.15, -0.1) is 0 Å². The minimum atomic E-state index is -0.906. The van der Waals surface area contributed by atoms with Crippen LogP contribution in [0.15, 0.2) is 30.3 Å². The van der Waals surface area contributed by atoms with Crippen LogP contribution in [0.2, 0.25) is 0 Å². The molecule has 0 radical (unpaired) electrons. The Bertz CT molecular complexity index is 771. The van der Waals surface area contributed by atoms with Crippen molar-refractivity contribution in [3.63, 3.8) is 0 Å². The molecule has 3 rings (SSSR count). The summed E-state index contributed by atoms with van der Waals surface area (Å²) in [6, 6.07) is 7.07. The first-order chi connectivity index (χ1) is 14.0. The molecule has 2 aliphatic heterocycles. The molecule has 1 aromatic carbocycles. The molecule has 10 heteroatoms. The molecule has 10 nitrogen and oxygen atoms in total. The number of carbonyl (C=O) groups excluding carboxylic acids is 4. The number of urea groups is 1. The second kappa shape index (κ2) is 9.37. The number of nitrogens with two attached hydrogens (primary N) is 1. The van der Waals surface area contributed by atoms with E-state index >= 15 is 0 Å². The minimum Gasteiger partial charge on any atom is -0.354 e. The molecule has 0 spiro atoms. The predicted octanol–water partition coefficient (Wildman–Crippen LogP) is -0.915. The fourth-order valence-electron chi connectivity index (χ4n) is 3.51.